The Morgan fingerprint density at radius 3 is 2.70 bits per heavy atom. The number of hydrogen-bond donors (Lipinski definition) is 1. The van der Waals surface area contributed by atoms with E-state index in [4.69, 9.17) is 4.74 Å². The lowest BCUT2D eigenvalue weighted by Gasteiger charge is -2.24. The van der Waals surface area contributed by atoms with Gasteiger partial charge in [-0.2, -0.15) is 0 Å². The fraction of sp³-hybridized carbons (Fsp3) is 0.562. The molecule has 1 amide bonds. The van der Waals surface area contributed by atoms with Crippen molar-refractivity contribution in [3.05, 3.63) is 29.8 Å². The number of likely N-dealkylation sites (N-methyl/N-ethyl adjacent to an activating group) is 1. The topological polar surface area (TPSA) is 41.6 Å². The van der Waals surface area contributed by atoms with E-state index >= 15 is 0 Å². The van der Waals surface area contributed by atoms with Gasteiger partial charge in [0.1, 0.15) is 11.9 Å². The lowest BCUT2D eigenvalue weighted by atomic mass is 10.1. The van der Waals surface area contributed by atoms with E-state index < -0.39 is 0 Å². The Balaban J connectivity index is 2.24. The van der Waals surface area contributed by atoms with E-state index in [0.29, 0.717) is 6.54 Å². The van der Waals surface area contributed by atoms with E-state index in [2.05, 4.69) is 12.2 Å². The van der Waals surface area contributed by atoms with Crippen LogP contribution in [0.4, 0.5) is 0 Å². The van der Waals surface area contributed by atoms with Crippen LogP contribution in [0.2, 0.25) is 0 Å². The fourth-order valence-corrected chi connectivity index (χ4v) is 2.78. The Bertz CT molecular complexity index is 462. The van der Waals surface area contributed by atoms with Crippen molar-refractivity contribution in [2.75, 3.05) is 13.7 Å². The van der Waals surface area contributed by atoms with E-state index in [1.54, 1.807) is 7.11 Å². The molecule has 1 aliphatic rings. The lowest BCUT2D eigenvalue weighted by molar-refractivity contribution is -0.130. The van der Waals surface area contributed by atoms with Gasteiger partial charge in [0, 0.05) is 12.1 Å². The van der Waals surface area contributed by atoms with Crippen LogP contribution in [-0.4, -0.2) is 30.5 Å². The molecule has 4 heteroatoms. The first kappa shape index (κ1) is 14.9. The maximum Gasteiger partial charge on any atom is 0.241 e. The zero-order valence-electron chi connectivity index (χ0n) is 12.6. The van der Waals surface area contributed by atoms with Gasteiger partial charge in [0.2, 0.25) is 5.91 Å². The molecule has 1 N–H and O–H groups in total. The van der Waals surface area contributed by atoms with Gasteiger partial charge in [-0.3, -0.25) is 10.1 Å². The third kappa shape index (κ3) is 2.80. The van der Waals surface area contributed by atoms with Crippen molar-refractivity contribution in [3.8, 4) is 5.75 Å². The van der Waals surface area contributed by atoms with Gasteiger partial charge in [0.15, 0.2) is 0 Å². The first-order valence-electron chi connectivity index (χ1n) is 7.42. The quantitative estimate of drug-likeness (QED) is 0.868. The molecule has 2 atom stereocenters. The van der Waals surface area contributed by atoms with Gasteiger partial charge in [-0.1, -0.05) is 38.0 Å². The molecule has 0 spiro atoms. The van der Waals surface area contributed by atoms with Crippen molar-refractivity contribution in [1.82, 2.24) is 10.2 Å². The fourth-order valence-electron chi connectivity index (χ4n) is 2.78. The minimum atomic E-state index is -0.0782. The molecular formula is C16H24N2O2. The summed E-state index contributed by atoms with van der Waals surface area (Å²) in [6, 6.07) is 7.83. The lowest BCUT2D eigenvalue weighted by Crippen LogP contribution is -2.30. The molecule has 2 unspecified atom stereocenters. The van der Waals surface area contributed by atoms with Crippen molar-refractivity contribution in [3.63, 3.8) is 0 Å². The zero-order chi connectivity index (χ0) is 14.5. The Hall–Kier alpha value is -1.55. The molecule has 0 radical (unpaired) electrons. The van der Waals surface area contributed by atoms with Gasteiger partial charge in [-0.05, 0) is 19.4 Å². The molecular weight excluding hydrogens is 252 g/mol. The molecule has 1 aliphatic heterocycles. The van der Waals surface area contributed by atoms with Gasteiger partial charge in [-0.25, -0.2) is 0 Å². The molecule has 0 bridgehead atoms. The molecule has 1 aromatic carbocycles. The summed E-state index contributed by atoms with van der Waals surface area (Å²) < 4.78 is 5.42. The number of rotatable bonds is 6. The number of carbonyl (C=O) groups is 1. The number of methoxy groups -OCH3 is 1. The molecule has 2 rings (SSSR count). The number of carbonyl (C=O) groups excluding carboxylic acids is 1. The maximum atomic E-state index is 12.4. The SMILES string of the molecule is CCCCC1NC(c2ccccc2OC)N(CC)C1=O. The Kier molecular flexibility index (Phi) is 5.01. The maximum absolute atomic E-state index is 12.4. The van der Waals surface area contributed by atoms with E-state index in [1.807, 2.05) is 36.1 Å². The molecule has 110 valence electrons. The van der Waals surface area contributed by atoms with Crippen LogP contribution in [0.25, 0.3) is 0 Å². The monoisotopic (exact) mass is 276 g/mol. The average Bonchev–Trinajstić information content (AvgIpc) is 2.81. The van der Waals surface area contributed by atoms with Crippen LogP contribution in [0.3, 0.4) is 0 Å². The molecule has 1 saturated heterocycles. The summed E-state index contributed by atoms with van der Waals surface area (Å²) in [5, 5.41) is 3.46. The van der Waals surface area contributed by atoms with Crippen LogP contribution in [-0.2, 0) is 4.79 Å². The van der Waals surface area contributed by atoms with Gasteiger partial charge in [-0.15, -0.1) is 0 Å². The second kappa shape index (κ2) is 6.75. The molecule has 0 aromatic heterocycles. The number of amides is 1. The minimum absolute atomic E-state index is 0.0650. The summed E-state index contributed by atoms with van der Waals surface area (Å²) in [6.45, 7) is 4.87. The van der Waals surface area contributed by atoms with Crippen LogP contribution in [0.1, 0.15) is 44.8 Å². The highest BCUT2D eigenvalue weighted by Gasteiger charge is 2.39. The summed E-state index contributed by atoms with van der Waals surface area (Å²) in [4.78, 5) is 14.3. The standard InChI is InChI=1S/C16H24N2O2/c1-4-6-10-13-16(19)18(5-2)15(17-13)12-9-7-8-11-14(12)20-3/h7-9,11,13,15,17H,4-6,10H2,1-3H3. The predicted octanol–water partition coefficient (Wildman–Crippen LogP) is 2.70. The normalized spacial score (nSPS) is 22.4. The third-order valence-corrected chi connectivity index (χ3v) is 3.87. The highest BCUT2D eigenvalue weighted by Crippen LogP contribution is 2.32. The number of ether oxygens (including phenoxy) is 1. The summed E-state index contributed by atoms with van der Waals surface area (Å²) in [7, 11) is 1.67. The third-order valence-electron chi connectivity index (χ3n) is 3.87. The highest BCUT2D eigenvalue weighted by molar-refractivity contribution is 5.84. The molecule has 0 aliphatic carbocycles. The number of hydrogen-bond acceptors (Lipinski definition) is 3. The average molecular weight is 276 g/mol. The number of nitrogens with one attached hydrogen (secondary N) is 1. The van der Waals surface area contributed by atoms with Crippen molar-refractivity contribution < 1.29 is 9.53 Å². The number of unbranched alkanes of at least 4 members (excludes halogenated alkanes) is 1. The van der Waals surface area contributed by atoms with E-state index in [0.717, 1.165) is 30.6 Å². The molecule has 20 heavy (non-hydrogen) atoms. The van der Waals surface area contributed by atoms with Crippen LogP contribution in [0.15, 0.2) is 24.3 Å². The zero-order valence-corrected chi connectivity index (χ0v) is 12.6. The summed E-state index contributed by atoms with van der Waals surface area (Å²) in [5.74, 6) is 1.03. The summed E-state index contributed by atoms with van der Waals surface area (Å²) >= 11 is 0. The number of para-hydroxylation sites is 1. The largest absolute Gasteiger partial charge is 0.496 e. The highest BCUT2D eigenvalue weighted by atomic mass is 16.5. The van der Waals surface area contributed by atoms with Crippen molar-refractivity contribution in [2.45, 2.75) is 45.3 Å². The first-order chi connectivity index (χ1) is 9.72. The smallest absolute Gasteiger partial charge is 0.241 e. The van der Waals surface area contributed by atoms with Crippen molar-refractivity contribution >= 4 is 5.91 Å². The van der Waals surface area contributed by atoms with Gasteiger partial charge in [0.05, 0.1) is 13.2 Å². The van der Waals surface area contributed by atoms with Gasteiger partial charge >= 0.3 is 0 Å². The summed E-state index contributed by atoms with van der Waals surface area (Å²) in [5.41, 5.74) is 1.03. The van der Waals surface area contributed by atoms with Crippen LogP contribution < -0.4 is 10.1 Å². The molecule has 1 heterocycles. The van der Waals surface area contributed by atoms with Crippen molar-refractivity contribution in [2.24, 2.45) is 0 Å². The Morgan fingerprint density at radius 2 is 2.05 bits per heavy atom. The molecule has 0 saturated carbocycles. The Morgan fingerprint density at radius 1 is 1.30 bits per heavy atom. The van der Waals surface area contributed by atoms with Crippen LogP contribution >= 0.6 is 0 Å². The number of nitrogens with zero attached hydrogens (tertiary/aromatic N) is 1. The van der Waals surface area contributed by atoms with E-state index in [9.17, 15) is 4.79 Å². The molecule has 1 aromatic rings. The van der Waals surface area contributed by atoms with E-state index in [1.165, 1.54) is 0 Å². The molecule has 1 fully saturated rings. The number of benzene rings is 1. The molecule has 4 nitrogen and oxygen atoms in total. The second-order valence-electron chi connectivity index (χ2n) is 5.13. The Labute approximate surface area is 121 Å². The summed E-state index contributed by atoms with van der Waals surface area (Å²) in [6.07, 6.45) is 3.00. The van der Waals surface area contributed by atoms with Crippen LogP contribution in [0, 0.1) is 0 Å². The first-order valence-corrected chi connectivity index (χ1v) is 7.42. The van der Waals surface area contributed by atoms with E-state index in [-0.39, 0.29) is 18.1 Å². The second-order valence-corrected chi connectivity index (χ2v) is 5.13. The van der Waals surface area contributed by atoms with Gasteiger partial charge in [0.25, 0.3) is 0 Å². The van der Waals surface area contributed by atoms with Crippen LogP contribution in [0.5, 0.6) is 5.75 Å². The van der Waals surface area contributed by atoms with Gasteiger partial charge < -0.3 is 9.64 Å². The minimum Gasteiger partial charge on any atom is -0.496 e. The van der Waals surface area contributed by atoms with Crippen molar-refractivity contribution in [1.29, 1.82) is 0 Å². The predicted molar refractivity (Wildman–Crippen MR) is 79.6 cm³/mol.